The highest BCUT2D eigenvalue weighted by Crippen LogP contribution is 2.35. The van der Waals surface area contributed by atoms with Crippen LogP contribution in [0.5, 0.6) is 5.75 Å². The Morgan fingerprint density at radius 2 is 2.00 bits per heavy atom. The van der Waals surface area contributed by atoms with Gasteiger partial charge in [0.05, 0.1) is 12.8 Å². The number of nitrogens with zero attached hydrogens (tertiary/aromatic N) is 1. The summed E-state index contributed by atoms with van der Waals surface area (Å²) in [5.41, 5.74) is 1.81. The molecule has 2 heterocycles. The van der Waals surface area contributed by atoms with Gasteiger partial charge in [0.15, 0.2) is 6.23 Å². The van der Waals surface area contributed by atoms with Gasteiger partial charge in [0.2, 0.25) is 11.8 Å². The molecule has 1 fully saturated rings. The number of carbonyl (C=O) groups excluding carboxylic acids is 4. The average molecular weight is 438 g/mol. The summed E-state index contributed by atoms with van der Waals surface area (Å²) in [7, 11) is 1.51. The van der Waals surface area contributed by atoms with Gasteiger partial charge in [0, 0.05) is 24.1 Å². The second kappa shape index (κ2) is 8.67. The molecule has 1 saturated heterocycles. The van der Waals surface area contributed by atoms with Gasteiger partial charge >= 0.3 is 6.03 Å². The lowest BCUT2D eigenvalue weighted by Crippen LogP contribution is -2.53. The van der Waals surface area contributed by atoms with E-state index in [1.165, 1.54) is 7.11 Å². The lowest BCUT2D eigenvalue weighted by atomic mass is 10.0. The highest BCUT2D eigenvalue weighted by Gasteiger charge is 2.44. The first kappa shape index (κ1) is 21.3. The molecule has 10 nitrogen and oxygen atoms in total. The fraction of sp³-hybridized carbons (Fsp3) is 0.273. The van der Waals surface area contributed by atoms with Crippen molar-refractivity contribution in [3.05, 3.63) is 59.2 Å². The van der Waals surface area contributed by atoms with Crippen molar-refractivity contribution in [2.45, 2.75) is 31.7 Å². The number of methoxy groups -OCH3 is 1. The SMILES string of the molecule is COc1ccccc1NC(=O)NCc1ccc2c(c1)C(O)N(C1CCC(=O)NC1=O)C2=O. The number of para-hydroxylation sites is 2. The highest BCUT2D eigenvalue weighted by atomic mass is 16.5. The first-order valence-corrected chi connectivity index (χ1v) is 10.0. The molecule has 0 radical (unpaired) electrons. The van der Waals surface area contributed by atoms with E-state index in [4.69, 9.17) is 4.74 Å². The predicted octanol–water partition coefficient (Wildman–Crippen LogP) is 1.27. The van der Waals surface area contributed by atoms with Gasteiger partial charge in [-0.2, -0.15) is 0 Å². The number of benzene rings is 2. The molecular formula is C22H22N4O6. The summed E-state index contributed by atoms with van der Waals surface area (Å²) in [5.74, 6) is -0.952. The van der Waals surface area contributed by atoms with Gasteiger partial charge in [-0.25, -0.2) is 4.79 Å². The Kier molecular flexibility index (Phi) is 5.78. The summed E-state index contributed by atoms with van der Waals surface area (Å²) < 4.78 is 5.20. The maximum Gasteiger partial charge on any atom is 0.319 e. The third kappa shape index (κ3) is 4.00. The quantitative estimate of drug-likeness (QED) is 0.519. The van der Waals surface area contributed by atoms with Gasteiger partial charge in [-0.3, -0.25) is 24.6 Å². The van der Waals surface area contributed by atoms with E-state index in [9.17, 15) is 24.3 Å². The van der Waals surface area contributed by atoms with Crippen molar-refractivity contribution in [3.63, 3.8) is 0 Å². The van der Waals surface area contributed by atoms with Crippen LogP contribution in [0.25, 0.3) is 0 Å². The number of urea groups is 1. The summed E-state index contributed by atoms with van der Waals surface area (Å²) in [6, 6.07) is 10.5. The van der Waals surface area contributed by atoms with Crippen LogP contribution in [0.15, 0.2) is 42.5 Å². The molecule has 4 N–H and O–H groups in total. The van der Waals surface area contributed by atoms with E-state index < -0.39 is 36.0 Å². The number of anilines is 1. The molecule has 10 heteroatoms. The summed E-state index contributed by atoms with van der Waals surface area (Å²) in [5, 5.41) is 18.3. The van der Waals surface area contributed by atoms with Crippen LogP contribution in [-0.4, -0.2) is 46.9 Å². The van der Waals surface area contributed by atoms with Gasteiger partial charge in [0.1, 0.15) is 11.8 Å². The zero-order chi connectivity index (χ0) is 22.8. The molecule has 0 aliphatic carbocycles. The van der Waals surface area contributed by atoms with Gasteiger partial charge in [-0.05, 0) is 36.2 Å². The first-order chi connectivity index (χ1) is 15.4. The van der Waals surface area contributed by atoms with Crippen molar-refractivity contribution in [1.29, 1.82) is 0 Å². The second-order valence-electron chi connectivity index (χ2n) is 7.48. The maximum atomic E-state index is 12.8. The number of hydrogen-bond donors (Lipinski definition) is 4. The first-order valence-electron chi connectivity index (χ1n) is 10.0. The Morgan fingerprint density at radius 1 is 1.22 bits per heavy atom. The number of amides is 5. The van der Waals surface area contributed by atoms with Crippen LogP contribution in [0.4, 0.5) is 10.5 Å². The summed E-state index contributed by atoms with van der Waals surface area (Å²) >= 11 is 0. The number of nitrogens with one attached hydrogen (secondary N) is 3. The maximum absolute atomic E-state index is 12.8. The molecule has 2 aliphatic heterocycles. The fourth-order valence-corrected chi connectivity index (χ4v) is 3.89. The van der Waals surface area contributed by atoms with E-state index in [0.717, 1.165) is 4.90 Å². The van der Waals surface area contributed by atoms with Gasteiger partial charge in [-0.15, -0.1) is 0 Å². The molecule has 0 spiro atoms. The Bertz CT molecular complexity index is 1100. The Balaban J connectivity index is 1.43. The van der Waals surface area contributed by atoms with E-state index in [0.29, 0.717) is 22.6 Å². The number of ether oxygens (including phenoxy) is 1. The molecule has 2 atom stereocenters. The normalized spacial score (nSPS) is 19.9. The molecule has 32 heavy (non-hydrogen) atoms. The number of hydrogen-bond acceptors (Lipinski definition) is 6. The van der Waals surface area contributed by atoms with Crippen LogP contribution in [0.3, 0.4) is 0 Å². The predicted molar refractivity (Wildman–Crippen MR) is 113 cm³/mol. The van der Waals surface area contributed by atoms with E-state index in [2.05, 4.69) is 16.0 Å². The number of carbonyl (C=O) groups is 4. The zero-order valence-corrected chi connectivity index (χ0v) is 17.3. The van der Waals surface area contributed by atoms with Gasteiger partial charge < -0.3 is 20.5 Å². The highest BCUT2D eigenvalue weighted by molar-refractivity contribution is 6.05. The third-order valence-corrected chi connectivity index (χ3v) is 5.48. The number of rotatable bonds is 5. The van der Waals surface area contributed by atoms with Crippen LogP contribution in [0.1, 0.15) is 40.6 Å². The van der Waals surface area contributed by atoms with Crippen LogP contribution in [0, 0.1) is 0 Å². The minimum Gasteiger partial charge on any atom is -0.495 e. The van der Waals surface area contributed by atoms with Crippen molar-refractivity contribution >= 4 is 29.4 Å². The number of imide groups is 1. The number of piperidine rings is 1. The van der Waals surface area contributed by atoms with E-state index >= 15 is 0 Å². The fourth-order valence-electron chi connectivity index (χ4n) is 3.89. The van der Waals surface area contributed by atoms with Crippen molar-refractivity contribution in [1.82, 2.24) is 15.5 Å². The zero-order valence-electron chi connectivity index (χ0n) is 17.3. The van der Waals surface area contributed by atoms with Gasteiger partial charge in [-0.1, -0.05) is 18.2 Å². The van der Waals surface area contributed by atoms with Crippen LogP contribution < -0.4 is 20.7 Å². The molecular weight excluding hydrogens is 416 g/mol. The second-order valence-corrected chi connectivity index (χ2v) is 7.48. The monoisotopic (exact) mass is 438 g/mol. The Labute approximate surface area is 183 Å². The van der Waals surface area contributed by atoms with Crippen LogP contribution >= 0.6 is 0 Å². The van der Waals surface area contributed by atoms with Crippen molar-refractivity contribution in [2.75, 3.05) is 12.4 Å². The molecule has 5 amide bonds. The Morgan fingerprint density at radius 3 is 2.75 bits per heavy atom. The number of aliphatic hydroxyl groups is 1. The lowest BCUT2D eigenvalue weighted by Gasteiger charge is -2.31. The summed E-state index contributed by atoms with van der Waals surface area (Å²) in [4.78, 5) is 49.7. The van der Waals surface area contributed by atoms with Crippen molar-refractivity contribution in [3.8, 4) is 5.75 Å². The molecule has 2 aliphatic rings. The van der Waals surface area contributed by atoms with E-state index in [1.807, 2.05) is 0 Å². The number of aliphatic hydroxyl groups excluding tert-OH is 1. The Hall–Kier alpha value is -3.92. The lowest BCUT2D eigenvalue weighted by molar-refractivity contribution is -0.139. The molecule has 0 aromatic heterocycles. The van der Waals surface area contributed by atoms with Crippen LogP contribution in [-0.2, 0) is 16.1 Å². The van der Waals surface area contributed by atoms with Crippen molar-refractivity contribution in [2.24, 2.45) is 0 Å². The molecule has 0 saturated carbocycles. The molecule has 0 bridgehead atoms. The minimum absolute atomic E-state index is 0.0970. The van der Waals surface area contributed by atoms with Gasteiger partial charge in [0.25, 0.3) is 5.91 Å². The summed E-state index contributed by atoms with van der Waals surface area (Å²) in [6.07, 6.45) is -1.07. The molecule has 2 aromatic carbocycles. The van der Waals surface area contributed by atoms with E-state index in [1.54, 1.807) is 42.5 Å². The average Bonchev–Trinajstić information content (AvgIpc) is 3.02. The molecule has 2 unspecified atom stereocenters. The summed E-state index contributed by atoms with van der Waals surface area (Å²) in [6.45, 7) is 0.146. The standard InChI is InChI=1S/C22H22N4O6/c1-32-17-5-3-2-4-15(17)24-22(31)23-11-12-6-7-13-14(10-12)21(30)26(20(13)29)16-8-9-18(27)25-19(16)28/h2-7,10,16,21,30H,8-9,11H2,1H3,(H2,23,24,31)(H,25,27,28). The van der Waals surface area contributed by atoms with E-state index in [-0.39, 0.29) is 24.9 Å². The number of fused-ring (bicyclic) bond motifs is 1. The molecule has 4 rings (SSSR count). The minimum atomic E-state index is -1.32. The topological polar surface area (TPSA) is 137 Å². The molecule has 166 valence electrons. The third-order valence-electron chi connectivity index (χ3n) is 5.48. The van der Waals surface area contributed by atoms with Crippen molar-refractivity contribution < 1.29 is 29.0 Å². The van der Waals surface area contributed by atoms with Crippen LogP contribution in [0.2, 0.25) is 0 Å². The smallest absolute Gasteiger partial charge is 0.319 e. The molecule has 2 aromatic rings. The largest absolute Gasteiger partial charge is 0.495 e.